The maximum Gasteiger partial charge on any atom is 0.193 e. The van der Waals surface area contributed by atoms with Gasteiger partial charge in [-0.1, -0.05) is 54.0 Å². The average molecular weight is 331 g/mol. The van der Waals surface area contributed by atoms with Crippen LogP contribution in [-0.4, -0.2) is 5.78 Å². The molecule has 0 aromatic heterocycles. The third-order valence-electron chi connectivity index (χ3n) is 3.79. The molecule has 0 saturated heterocycles. The minimum absolute atomic E-state index is 0.0886. The molecule has 104 valence electrons. The monoisotopic (exact) mass is 330 g/mol. The van der Waals surface area contributed by atoms with E-state index in [0.717, 1.165) is 27.6 Å². The maximum atomic E-state index is 12.5. The van der Waals surface area contributed by atoms with Crippen LogP contribution in [0.15, 0.2) is 46.9 Å². The Bertz CT molecular complexity index is 614. The number of rotatable bonds is 4. The molecule has 2 aromatic carbocycles. The Balaban J connectivity index is 2.29. The first-order valence-corrected chi connectivity index (χ1v) is 7.73. The lowest BCUT2D eigenvalue weighted by Gasteiger charge is -2.10. The van der Waals surface area contributed by atoms with Gasteiger partial charge in [-0.3, -0.25) is 4.79 Å². The number of aryl methyl sites for hydroxylation is 1. The predicted molar refractivity (Wildman–Crippen MR) is 87.5 cm³/mol. The number of ketones is 1. The van der Waals surface area contributed by atoms with Gasteiger partial charge in [-0.25, -0.2) is 0 Å². The van der Waals surface area contributed by atoms with Crippen LogP contribution >= 0.6 is 15.9 Å². The summed E-state index contributed by atoms with van der Waals surface area (Å²) >= 11 is 3.42. The molecule has 0 spiro atoms. The number of hydrogen-bond donors (Lipinski definition) is 0. The number of benzene rings is 2. The van der Waals surface area contributed by atoms with Crippen molar-refractivity contribution in [3.05, 3.63) is 69.2 Å². The van der Waals surface area contributed by atoms with Gasteiger partial charge in [-0.05, 0) is 48.6 Å². The van der Waals surface area contributed by atoms with Crippen molar-refractivity contribution in [1.29, 1.82) is 0 Å². The van der Waals surface area contributed by atoms with Crippen molar-refractivity contribution in [2.75, 3.05) is 0 Å². The van der Waals surface area contributed by atoms with Crippen LogP contribution in [0, 0.1) is 6.92 Å². The number of halogens is 1. The van der Waals surface area contributed by atoms with E-state index in [1.165, 1.54) is 5.56 Å². The Morgan fingerprint density at radius 3 is 2.35 bits per heavy atom. The lowest BCUT2D eigenvalue weighted by Crippen LogP contribution is -2.04. The topological polar surface area (TPSA) is 17.1 Å². The molecule has 0 bridgehead atoms. The average Bonchev–Trinajstić information content (AvgIpc) is 2.46. The normalized spacial score (nSPS) is 12.2. The molecule has 0 N–H and O–H groups in total. The number of carbonyl (C=O) groups is 1. The first-order valence-electron chi connectivity index (χ1n) is 6.93. The van der Waals surface area contributed by atoms with Crippen LogP contribution in [0.25, 0.3) is 0 Å². The van der Waals surface area contributed by atoms with E-state index >= 15 is 0 Å². The van der Waals surface area contributed by atoms with Crippen molar-refractivity contribution in [1.82, 2.24) is 0 Å². The number of hydrogen-bond acceptors (Lipinski definition) is 1. The van der Waals surface area contributed by atoms with Gasteiger partial charge in [0.2, 0.25) is 0 Å². The van der Waals surface area contributed by atoms with Crippen molar-refractivity contribution < 1.29 is 4.79 Å². The van der Waals surface area contributed by atoms with E-state index in [0.29, 0.717) is 5.92 Å². The lowest BCUT2D eigenvalue weighted by molar-refractivity contribution is 0.103. The van der Waals surface area contributed by atoms with E-state index in [4.69, 9.17) is 0 Å². The fourth-order valence-corrected chi connectivity index (χ4v) is 2.71. The second-order valence-corrected chi connectivity index (χ2v) is 6.14. The summed E-state index contributed by atoms with van der Waals surface area (Å²) in [7, 11) is 0. The molecule has 0 saturated carbocycles. The molecule has 0 amide bonds. The Kier molecular flexibility index (Phi) is 4.77. The Morgan fingerprint density at radius 1 is 1.15 bits per heavy atom. The smallest absolute Gasteiger partial charge is 0.193 e. The Hall–Kier alpha value is -1.41. The van der Waals surface area contributed by atoms with E-state index in [1.807, 2.05) is 37.3 Å². The van der Waals surface area contributed by atoms with E-state index in [9.17, 15) is 4.79 Å². The van der Waals surface area contributed by atoms with Gasteiger partial charge in [-0.2, -0.15) is 0 Å². The van der Waals surface area contributed by atoms with Crippen molar-refractivity contribution in [3.63, 3.8) is 0 Å². The zero-order valence-corrected chi connectivity index (χ0v) is 13.7. The molecule has 0 heterocycles. The van der Waals surface area contributed by atoms with Gasteiger partial charge in [0, 0.05) is 15.6 Å². The van der Waals surface area contributed by atoms with Gasteiger partial charge in [0.05, 0.1) is 0 Å². The standard InChI is InChI=1S/C18H19BrO/c1-4-12(2)14-5-7-15(8-6-14)18(20)17-10-9-16(19)11-13(17)3/h5-12H,4H2,1-3H3. The molecule has 1 nitrogen and oxygen atoms in total. The maximum absolute atomic E-state index is 12.5. The zero-order chi connectivity index (χ0) is 14.7. The van der Waals surface area contributed by atoms with Crippen molar-refractivity contribution in [2.45, 2.75) is 33.1 Å². The molecule has 2 heteroatoms. The van der Waals surface area contributed by atoms with Gasteiger partial charge in [0.1, 0.15) is 0 Å². The van der Waals surface area contributed by atoms with E-state index in [2.05, 4.69) is 41.9 Å². The minimum atomic E-state index is 0.0886. The van der Waals surface area contributed by atoms with Crippen molar-refractivity contribution in [2.24, 2.45) is 0 Å². The first-order chi connectivity index (χ1) is 9.52. The molecule has 20 heavy (non-hydrogen) atoms. The van der Waals surface area contributed by atoms with Crippen LogP contribution in [0.1, 0.15) is 53.2 Å². The van der Waals surface area contributed by atoms with Crippen LogP contribution in [0.2, 0.25) is 0 Å². The highest BCUT2D eigenvalue weighted by molar-refractivity contribution is 9.10. The molecule has 0 aliphatic carbocycles. The molecule has 2 aromatic rings. The summed E-state index contributed by atoms with van der Waals surface area (Å²) < 4.78 is 0.999. The number of carbonyl (C=O) groups excluding carboxylic acids is 1. The fraction of sp³-hybridized carbons (Fsp3) is 0.278. The summed E-state index contributed by atoms with van der Waals surface area (Å²) in [6.45, 7) is 6.34. The van der Waals surface area contributed by atoms with Gasteiger partial charge in [0.25, 0.3) is 0 Å². The molecule has 2 rings (SSSR count). The molecule has 1 unspecified atom stereocenters. The fourth-order valence-electron chi connectivity index (χ4n) is 2.24. The van der Waals surface area contributed by atoms with Gasteiger partial charge in [0.15, 0.2) is 5.78 Å². The highest BCUT2D eigenvalue weighted by Crippen LogP contribution is 2.22. The minimum Gasteiger partial charge on any atom is -0.289 e. The molecular weight excluding hydrogens is 312 g/mol. The largest absolute Gasteiger partial charge is 0.289 e. The second-order valence-electron chi connectivity index (χ2n) is 5.22. The van der Waals surface area contributed by atoms with Crippen molar-refractivity contribution in [3.8, 4) is 0 Å². The van der Waals surface area contributed by atoms with Crippen LogP contribution in [-0.2, 0) is 0 Å². The third-order valence-corrected chi connectivity index (χ3v) is 4.28. The molecule has 0 aliphatic rings. The molecule has 0 fully saturated rings. The van der Waals surface area contributed by atoms with Gasteiger partial charge in [-0.15, -0.1) is 0 Å². The van der Waals surface area contributed by atoms with E-state index in [1.54, 1.807) is 0 Å². The summed E-state index contributed by atoms with van der Waals surface area (Å²) in [6.07, 6.45) is 1.11. The molecule has 1 atom stereocenters. The van der Waals surface area contributed by atoms with Crippen molar-refractivity contribution >= 4 is 21.7 Å². The predicted octanol–water partition coefficient (Wildman–Crippen LogP) is 5.50. The molecular formula is C18H19BrO. The van der Waals surface area contributed by atoms with Crippen LogP contribution in [0.3, 0.4) is 0 Å². The molecule has 0 aliphatic heterocycles. The van der Waals surface area contributed by atoms with E-state index in [-0.39, 0.29) is 5.78 Å². The highest BCUT2D eigenvalue weighted by Gasteiger charge is 2.12. The summed E-state index contributed by atoms with van der Waals surface area (Å²) in [5.41, 5.74) is 3.80. The molecule has 0 radical (unpaired) electrons. The van der Waals surface area contributed by atoms with Crippen LogP contribution in [0.4, 0.5) is 0 Å². The lowest BCUT2D eigenvalue weighted by atomic mass is 9.94. The highest BCUT2D eigenvalue weighted by atomic mass is 79.9. The SMILES string of the molecule is CCC(C)c1ccc(C(=O)c2ccc(Br)cc2C)cc1. The van der Waals surface area contributed by atoms with Crippen LogP contribution < -0.4 is 0 Å². The zero-order valence-electron chi connectivity index (χ0n) is 12.1. The summed E-state index contributed by atoms with van der Waals surface area (Å²) in [5, 5.41) is 0. The second kappa shape index (κ2) is 6.36. The Morgan fingerprint density at radius 2 is 1.80 bits per heavy atom. The van der Waals surface area contributed by atoms with Crippen LogP contribution in [0.5, 0.6) is 0 Å². The Labute approximate surface area is 129 Å². The third kappa shape index (κ3) is 3.18. The van der Waals surface area contributed by atoms with Gasteiger partial charge < -0.3 is 0 Å². The summed E-state index contributed by atoms with van der Waals surface area (Å²) in [5.74, 6) is 0.624. The summed E-state index contributed by atoms with van der Waals surface area (Å²) in [4.78, 5) is 12.5. The quantitative estimate of drug-likeness (QED) is 0.676. The first kappa shape index (κ1) is 15.0. The summed E-state index contributed by atoms with van der Waals surface area (Å²) in [6, 6.07) is 13.8. The van der Waals surface area contributed by atoms with E-state index < -0.39 is 0 Å². The van der Waals surface area contributed by atoms with Gasteiger partial charge >= 0.3 is 0 Å².